The molecule has 0 radical (unpaired) electrons. The number of hydrogen-bond acceptors (Lipinski definition) is 2. The number of aliphatic imine (C=N–C) groups is 1. The summed E-state index contributed by atoms with van der Waals surface area (Å²) in [5, 5.41) is 0. The Morgan fingerprint density at radius 2 is 1.76 bits per heavy atom. The lowest BCUT2D eigenvalue weighted by atomic mass is 10.2. The zero-order valence-corrected chi connectivity index (χ0v) is 12.6. The van der Waals surface area contributed by atoms with Gasteiger partial charge >= 0.3 is 6.18 Å². The standard InChI is InChI=1S/C14H20F3N3O/c1-19(2)13(20(3)4)18-8-9-21-12-7-5-6-11(10-12)14(15,16)17/h5-7,10H,8-9H2,1-4H3. The molecule has 0 heterocycles. The van der Waals surface area contributed by atoms with Crippen LogP contribution in [0.4, 0.5) is 13.2 Å². The van der Waals surface area contributed by atoms with Gasteiger partial charge in [0.2, 0.25) is 0 Å². The molecule has 1 rings (SSSR count). The third-order valence-corrected chi connectivity index (χ3v) is 2.57. The Balaban J connectivity index is 2.59. The molecule has 0 N–H and O–H groups in total. The van der Waals surface area contributed by atoms with E-state index in [1.54, 1.807) is 0 Å². The minimum Gasteiger partial charge on any atom is -0.492 e. The molecule has 1 aromatic carbocycles. The lowest BCUT2D eigenvalue weighted by Crippen LogP contribution is -2.35. The van der Waals surface area contributed by atoms with Crippen LogP contribution in [0.3, 0.4) is 0 Å². The summed E-state index contributed by atoms with van der Waals surface area (Å²) < 4.78 is 43.0. The summed E-state index contributed by atoms with van der Waals surface area (Å²) in [4.78, 5) is 8.03. The van der Waals surface area contributed by atoms with Gasteiger partial charge in [-0.1, -0.05) is 6.07 Å². The molecule has 0 saturated heterocycles. The van der Waals surface area contributed by atoms with Gasteiger partial charge in [-0.25, -0.2) is 4.99 Å². The normalized spacial score (nSPS) is 11.0. The lowest BCUT2D eigenvalue weighted by Gasteiger charge is -2.22. The maximum absolute atomic E-state index is 12.6. The predicted molar refractivity (Wildman–Crippen MR) is 76.6 cm³/mol. The first-order valence-corrected chi connectivity index (χ1v) is 6.41. The molecule has 0 bridgehead atoms. The van der Waals surface area contributed by atoms with Crippen LogP contribution in [0.1, 0.15) is 5.56 Å². The quantitative estimate of drug-likeness (QED) is 0.486. The molecular weight excluding hydrogens is 283 g/mol. The fraction of sp³-hybridized carbons (Fsp3) is 0.500. The van der Waals surface area contributed by atoms with E-state index in [9.17, 15) is 13.2 Å². The maximum Gasteiger partial charge on any atom is 0.416 e. The summed E-state index contributed by atoms with van der Waals surface area (Å²) in [6, 6.07) is 4.83. The molecule has 0 unspecified atom stereocenters. The van der Waals surface area contributed by atoms with Gasteiger partial charge in [0.15, 0.2) is 5.96 Å². The third-order valence-electron chi connectivity index (χ3n) is 2.57. The van der Waals surface area contributed by atoms with E-state index in [1.807, 2.05) is 38.0 Å². The Labute approximate surface area is 122 Å². The van der Waals surface area contributed by atoms with E-state index in [0.29, 0.717) is 6.54 Å². The fourth-order valence-corrected chi connectivity index (χ4v) is 1.75. The van der Waals surface area contributed by atoms with Crippen molar-refractivity contribution >= 4 is 5.96 Å². The van der Waals surface area contributed by atoms with Crippen molar-refractivity contribution in [2.45, 2.75) is 6.18 Å². The highest BCUT2D eigenvalue weighted by molar-refractivity contribution is 5.79. The van der Waals surface area contributed by atoms with Crippen molar-refractivity contribution in [3.63, 3.8) is 0 Å². The van der Waals surface area contributed by atoms with E-state index < -0.39 is 11.7 Å². The van der Waals surface area contributed by atoms with Crippen LogP contribution in [-0.4, -0.2) is 57.1 Å². The molecule has 0 aliphatic heterocycles. The molecule has 0 saturated carbocycles. The Bertz CT molecular complexity index is 475. The van der Waals surface area contributed by atoms with Gasteiger partial charge in [0.25, 0.3) is 0 Å². The number of benzene rings is 1. The molecule has 118 valence electrons. The lowest BCUT2D eigenvalue weighted by molar-refractivity contribution is -0.137. The van der Waals surface area contributed by atoms with E-state index in [4.69, 9.17) is 4.74 Å². The zero-order valence-electron chi connectivity index (χ0n) is 12.6. The number of halogens is 3. The zero-order chi connectivity index (χ0) is 16.0. The molecule has 0 atom stereocenters. The Kier molecular flexibility index (Phi) is 5.87. The topological polar surface area (TPSA) is 28.1 Å². The van der Waals surface area contributed by atoms with Crippen molar-refractivity contribution in [1.29, 1.82) is 0 Å². The van der Waals surface area contributed by atoms with E-state index in [1.165, 1.54) is 12.1 Å². The summed E-state index contributed by atoms with van der Waals surface area (Å²) in [5.74, 6) is 0.957. The van der Waals surface area contributed by atoms with Crippen molar-refractivity contribution in [3.05, 3.63) is 29.8 Å². The number of alkyl halides is 3. The fourth-order valence-electron chi connectivity index (χ4n) is 1.75. The first kappa shape index (κ1) is 17.1. The third kappa shape index (κ3) is 5.53. The monoisotopic (exact) mass is 303 g/mol. The first-order chi connectivity index (χ1) is 9.71. The second-order valence-corrected chi connectivity index (χ2v) is 4.84. The van der Waals surface area contributed by atoms with Gasteiger partial charge in [0, 0.05) is 28.2 Å². The highest BCUT2D eigenvalue weighted by atomic mass is 19.4. The summed E-state index contributed by atoms with van der Waals surface area (Å²) in [7, 11) is 7.47. The minimum absolute atomic E-state index is 0.191. The van der Waals surface area contributed by atoms with Crippen LogP contribution in [0.15, 0.2) is 29.3 Å². The molecule has 7 heteroatoms. The molecular formula is C14H20F3N3O. The smallest absolute Gasteiger partial charge is 0.416 e. The van der Waals surface area contributed by atoms with Gasteiger partial charge in [-0.3, -0.25) is 0 Å². The Hall–Kier alpha value is -1.92. The highest BCUT2D eigenvalue weighted by Gasteiger charge is 2.30. The summed E-state index contributed by atoms with van der Waals surface area (Å²) in [6.45, 7) is 0.578. The van der Waals surface area contributed by atoms with E-state index in [-0.39, 0.29) is 12.4 Å². The first-order valence-electron chi connectivity index (χ1n) is 6.41. The molecule has 0 aliphatic carbocycles. The molecule has 0 spiro atoms. The molecule has 0 fully saturated rings. The van der Waals surface area contributed by atoms with E-state index in [2.05, 4.69) is 4.99 Å². The van der Waals surface area contributed by atoms with Crippen LogP contribution in [0.2, 0.25) is 0 Å². The molecule has 0 aliphatic rings. The molecule has 0 amide bonds. The summed E-state index contributed by atoms with van der Waals surface area (Å²) in [5.41, 5.74) is -0.717. The van der Waals surface area contributed by atoms with E-state index >= 15 is 0 Å². The number of rotatable bonds is 4. The Morgan fingerprint density at radius 1 is 1.14 bits per heavy atom. The number of nitrogens with zero attached hydrogens (tertiary/aromatic N) is 3. The average molecular weight is 303 g/mol. The van der Waals surface area contributed by atoms with Crippen molar-refractivity contribution in [3.8, 4) is 5.75 Å². The van der Waals surface area contributed by atoms with Crippen LogP contribution in [0.5, 0.6) is 5.75 Å². The van der Waals surface area contributed by atoms with Crippen LogP contribution in [0, 0.1) is 0 Å². The predicted octanol–water partition coefficient (Wildman–Crippen LogP) is 2.56. The minimum atomic E-state index is -4.36. The number of hydrogen-bond donors (Lipinski definition) is 0. The Morgan fingerprint density at radius 3 is 2.29 bits per heavy atom. The van der Waals surface area contributed by atoms with Gasteiger partial charge in [0.05, 0.1) is 12.1 Å². The van der Waals surface area contributed by atoms with Crippen LogP contribution in [0.25, 0.3) is 0 Å². The van der Waals surface area contributed by atoms with Crippen molar-refractivity contribution < 1.29 is 17.9 Å². The van der Waals surface area contributed by atoms with Gasteiger partial charge in [-0.2, -0.15) is 13.2 Å². The summed E-state index contributed by atoms with van der Waals surface area (Å²) in [6.07, 6.45) is -4.36. The average Bonchev–Trinajstić information content (AvgIpc) is 2.37. The van der Waals surface area contributed by atoms with Crippen LogP contribution >= 0.6 is 0 Å². The van der Waals surface area contributed by atoms with Gasteiger partial charge in [-0.15, -0.1) is 0 Å². The van der Waals surface area contributed by atoms with Gasteiger partial charge < -0.3 is 14.5 Å². The van der Waals surface area contributed by atoms with Crippen LogP contribution < -0.4 is 4.74 Å². The SMILES string of the molecule is CN(C)C(=NCCOc1cccc(C(F)(F)F)c1)N(C)C. The summed E-state index contributed by atoms with van der Waals surface area (Å²) >= 11 is 0. The highest BCUT2D eigenvalue weighted by Crippen LogP contribution is 2.31. The molecule has 0 aromatic heterocycles. The van der Waals surface area contributed by atoms with Crippen molar-refractivity contribution in [2.75, 3.05) is 41.3 Å². The molecule has 1 aromatic rings. The van der Waals surface area contributed by atoms with Crippen molar-refractivity contribution in [1.82, 2.24) is 9.80 Å². The molecule has 4 nitrogen and oxygen atoms in total. The second kappa shape index (κ2) is 7.19. The van der Waals surface area contributed by atoms with Gasteiger partial charge in [0.1, 0.15) is 12.4 Å². The van der Waals surface area contributed by atoms with Crippen molar-refractivity contribution in [2.24, 2.45) is 4.99 Å². The molecule has 21 heavy (non-hydrogen) atoms. The van der Waals surface area contributed by atoms with Gasteiger partial charge in [-0.05, 0) is 18.2 Å². The number of ether oxygens (including phenoxy) is 1. The second-order valence-electron chi connectivity index (χ2n) is 4.84. The van der Waals surface area contributed by atoms with Crippen LogP contribution in [-0.2, 0) is 6.18 Å². The number of guanidine groups is 1. The maximum atomic E-state index is 12.6. The van der Waals surface area contributed by atoms with E-state index in [0.717, 1.165) is 18.1 Å². The largest absolute Gasteiger partial charge is 0.492 e.